The summed E-state index contributed by atoms with van der Waals surface area (Å²) >= 11 is 6.34. The standard InChI is InChI=1S/C21H20ClF2N3O2/c1-12-20(28)27(10-2-3-13-4-5-13)19-18(26-12)16(8-9-25-19)15-7-6-14(11-17(15)22)29-21(23)24/h6-9,11,13,21H,2-5,10H2,1H3. The monoisotopic (exact) mass is 419 g/mol. The minimum Gasteiger partial charge on any atom is -0.435 e. The van der Waals surface area contributed by atoms with E-state index in [0.29, 0.717) is 34.5 Å². The van der Waals surface area contributed by atoms with Crippen molar-refractivity contribution in [2.45, 2.75) is 45.8 Å². The molecule has 0 N–H and O–H groups in total. The van der Waals surface area contributed by atoms with Gasteiger partial charge in [-0.2, -0.15) is 8.78 Å². The Bertz CT molecular complexity index is 1110. The molecule has 0 unspecified atom stereocenters. The molecule has 0 atom stereocenters. The molecule has 1 fully saturated rings. The maximum Gasteiger partial charge on any atom is 0.387 e. The van der Waals surface area contributed by atoms with Gasteiger partial charge in [0, 0.05) is 23.9 Å². The summed E-state index contributed by atoms with van der Waals surface area (Å²) in [6, 6.07) is 6.13. The average Bonchev–Trinajstić information content (AvgIpc) is 3.49. The highest BCUT2D eigenvalue weighted by Gasteiger charge is 2.21. The van der Waals surface area contributed by atoms with Gasteiger partial charge in [0.05, 0.1) is 5.02 Å². The van der Waals surface area contributed by atoms with E-state index in [4.69, 9.17) is 11.6 Å². The van der Waals surface area contributed by atoms with Crippen molar-refractivity contribution in [3.05, 3.63) is 51.5 Å². The lowest BCUT2D eigenvalue weighted by Crippen LogP contribution is -2.25. The molecule has 5 nitrogen and oxygen atoms in total. The van der Waals surface area contributed by atoms with Gasteiger partial charge in [-0.1, -0.05) is 24.4 Å². The van der Waals surface area contributed by atoms with Crippen molar-refractivity contribution in [1.29, 1.82) is 0 Å². The van der Waals surface area contributed by atoms with Crippen LogP contribution < -0.4 is 10.3 Å². The first-order chi connectivity index (χ1) is 13.9. The van der Waals surface area contributed by atoms with Gasteiger partial charge in [0.15, 0.2) is 5.65 Å². The second-order valence-electron chi connectivity index (χ2n) is 7.29. The molecule has 1 aromatic carbocycles. The molecule has 0 saturated heterocycles. The first-order valence-electron chi connectivity index (χ1n) is 9.55. The first-order valence-corrected chi connectivity index (χ1v) is 9.92. The van der Waals surface area contributed by atoms with Crippen molar-refractivity contribution in [2.75, 3.05) is 0 Å². The summed E-state index contributed by atoms with van der Waals surface area (Å²) in [6.45, 7) is -0.662. The van der Waals surface area contributed by atoms with Gasteiger partial charge in [-0.15, -0.1) is 0 Å². The molecule has 0 spiro atoms. The quantitative estimate of drug-likeness (QED) is 0.527. The summed E-state index contributed by atoms with van der Waals surface area (Å²) in [6.07, 6.45) is 6.17. The Kier molecular flexibility index (Phi) is 5.50. The van der Waals surface area contributed by atoms with Crippen molar-refractivity contribution in [2.24, 2.45) is 5.92 Å². The van der Waals surface area contributed by atoms with Gasteiger partial charge in [-0.25, -0.2) is 9.97 Å². The van der Waals surface area contributed by atoms with E-state index in [1.165, 1.54) is 25.0 Å². The molecule has 29 heavy (non-hydrogen) atoms. The molecule has 1 saturated carbocycles. The van der Waals surface area contributed by atoms with E-state index in [-0.39, 0.29) is 16.3 Å². The minimum atomic E-state index is -2.92. The number of aromatic nitrogens is 3. The number of pyridine rings is 1. The highest BCUT2D eigenvalue weighted by atomic mass is 35.5. The Morgan fingerprint density at radius 1 is 1.28 bits per heavy atom. The molecular weight excluding hydrogens is 400 g/mol. The molecule has 8 heteroatoms. The fourth-order valence-electron chi connectivity index (χ4n) is 3.52. The third-order valence-corrected chi connectivity index (χ3v) is 5.45. The maximum absolute atomic E-state index is 12.7. The number of rotatable bonds is 7. The highest BCUT2D eigenvalue weighted by Crippen LogP contribution is 2.35. The van der Waals surface area contributed by atoms with Crippen LogP contribution in [0.15, 0.2) is 35.3 Å². The summed E-state index contributed by atoms with van der Waals surface area (Å²) in [7, 11) is 0. The van der Waals surface area contributed by atoms with Crippen LogP contribution in [0.25, 0.3) is 22.3 Å². The van der Waals surface area contributed by atoms with E-state index in [9.17, 15) is 13.6 Å². The van der Waals surface area contributed by atoms with Crippen molar-refractivity contribution >= 4 is 22.8 Å². The Balaban J connectivity index is 1.77. The number of hydrogen-bond donors (Lipinski definition) is 0. The number of fused-ring (bicyclic) bond motifs is 1. The first kappa shape index (κ1) is 19.8. The van der Waals surface area contributed by atoms with Gasteiger partial charge < -0.3 is 4.74 Å². The lowest BCUT2D eigenvalue weighted by Gasteiger charge is -2.14. The van der Waals surface area contributed by atoms with Gasteiger partial charge in [0.1, 0.15) is 17.0 Å². The fraction of sp³-hybridized carbons (Fsp3) is 0.381. The Hall–Kier alpha value is -2.54. The van der Waals surface area contributed by atoms with E-state index in [2.05, 4.69) is 14.7 Å². The largest absolute Gasteiger partial charge is 0.435 e. The molecule has 0 radical (unpaired) electrons. The number of benzene rings is 1. The van der Waals surface area contributed by atoms with Crippen molar-refractivity contribution in [3.8, 4) is 16.9 Å². The third kappa shape index (κ3) is 4.24. The summed E-state index contributed by atoms with van der Waals surface area (Å²) in [4.78, 5) is 21.6. The van der Waals surface area contributed by atoms with Crippen LogP contribution in [0.3, 0.4) is 0 Å². The summed E-state index contributed by atoms with van der Waals surface area (Å²) in [5.41, 5.74) is 2.58. The lowest BCUT2D eigenvalue weighted by atomic mass is 10.1. The van der Waals surface area contributed by atoms with Crippen LogP contribution in [0.2, 0.25) is 5.02 Å². The second-order valence-corrected chi connectivity index (χ2v) is 7.70. The smallest absolute Gasteiger partial charge is 0.387 e. The van der Waals surface area contributed by atoms with Gasteiger partial charge in [0.2, 0.25) is 0 Å². The molecule has 0 aliphatic heterocycles. The molecule has 4 rings (SSSR count). The zero-order valence-corrected chi connectivity index (χ0v) is 16.6. The average molecular weight is 420 g/mol. The SMILES string of the molecule is Cc1nc2c(-c3ccc(OC(F)F)cc3Cl)ccnc2n(CCCC2CC2)c1=O. The van der Waals surface area contributed by atoms with Gasteiger partial charge >= 0.3 is 6.61 Å². The lowest BCUT2D eigenvalue weighted by molar-refractivity contribution is -0.0498. The van der Waals surface area contributed by atoms with E-state index in [1.807, 2.05) is 0 Å². The third-order valence-electron chi connectivity index (χ3n) is 5.14. The molecule has 3 aromatic rings. The predicted molar refractivity (Wildman–Crippen MR) is 108 cm³/mol. The Labute approximate surface area is 171 Å². The molecule has 2 aromatic heterocycles. The number of alkyl halides is 2. The second kappa shape index (κ2) is 8.06. The van der Waals surface area contributed by atoms with Gasteiger partial charge in [-0.3, -0.25) is 9.36 Å². The minimum absolute atomic E-state index is 0.0202. The number of hydrogen-bond acceptors (Lipinski definition) is 4. The van der Waals surface area contributed by atoms with E-state index in [1.54, 1.807) is 29.8 Å². The molecular formula is C21H20ClF2N3O2. The molecule has 0 bridgehead atoms. The number of aryl methyl sites for hydroxylation is 2. The molecule has 1 aliphatic carbocycles. The van der Waals surface area contributed by atoms with Crippen LogP contribution in [-0.4, -0.2) is 21.1 Å². The Morgan fingerprint density at radius 3 is 2.76 bits per heavy atom. The van der Waals surface area contributed by atoms with Gasteiger partial charge in [0.25, 0.3) is 5.56 Å². The molecule has 152 valence electrons. The van der Waals surface area contributed by atoms with Crippen LogP contribution in [0, 0.1) is 12.8 Å². The van der Waals surface area contributed by atoms with Crippen molar-refractivity contribution in [1.82, 2.24) is 14.5 Å². The zero-order valence-electron chi connectivity index (χ0n) is 15.9. The van der Waals surface area contributed by atoms with Crippen LogP contribution in [0.5, 0.6) is 5.75 Å². The zero-order chi connectivity index (χ0) is 20.5. The fourth-order valence-corrected chi connectivity index (χ4v) is 3.79. The van der Waals surface area contributed by atoms with Crippen LogP contribution in [0.1, 0.15) is 31.4 Å². The number of nitrogens with zero attached hydrogens (tertiary/aromatic N) is 3. The summed E-state index contributed by atoms with van der Waals surface area (Å²) in [5, 5.41) is 0.251. The van der Waals surface area contributed by atoms with Gasteiger partial charge in [-0.05, 0) is 49.9 Å². The normalized spacial score (nSPS) is 14.0. The summed E-state index contributed by atoms with van der Waals surface area (Å²) in [5.74, 6) is 0.768. The summed E-state index contributed by atoms with van der Waals surface area (Å²) < 4.78 is 31.0. The van der Waals surface area contributed by atoms with E-state index < -0.39 is 6.61 Å². The van der Waals surface area contributed by atoms with Crippen molar-refractivity contribution in [3.63, 3.8) is 0 Å². The molecule has 1 aliphatic rings. The maximum atomic E-state index is 12.7. The molecule has 0 amide bonds. The van der Waals surface area contributed by atoms with Crippen LogP contribution in [-0.2, 0) is 6.54 Å². The van der Waals surface area contributed by atoms with Crippen LogP contribution >= 0.6 is 11.6 Å². The highest BCUT2D eigenvalue weighted by molar-refractivity contribution is 6.33. The predicted octanol–water partition coefficient (Wildman–Crippen LogP) is 5.21. The Morgan fingerprint density at radius 2 is 2.07 bits per heavy atom. The number of ether oxygens (including phenoxy) is 1. The topological polar surface area (TPSA) is 57.0 Å². The van der Waals surface area contributed by atoms with Crippen LogP contribution in [0.4, 0.5) is 8.78 Å². The van der Waals surface area contributed by atoms with E-state index in [0.717, 1.165) is 18.8 Å². The van der Waals surface area contributed by atoms with Crippen molar-refractivity contribution < 1.29 is 13.5 Å². The molecule has 2 heterocycles. The number of halogens is 3. The van der Waals surface area contributed by atoms with E-state index >= 15 is 0 Å².